The number of fused-ring (bicyclic) bond motifs is 4. The van der Waals surface area contributed by atoms with E-state index in [2.05, 4.69) is 22.3 Å². The van der Waals surface area contributed by atoms with Gasteiger partial charge in [-0.15, -0.1) is 0 Å². The molecule has 0 aromatic heterocycles. The molecule has 0 bridgehead atoms. The molecule has 5 heteroatoms. The Balaban J connectivity index is 1.76. The normalized spacial score (nSPS) is 30.9. The molecule has 0 radical (unpaired) electrons. The zero-order valence-electron chi connectivity index (χ0n) is 15.9. The van der Waals surface area contributed by atoms with E-state index in [0.717, 1.165) is 36.2 Å². The quantitative estimate of drug-likeness (QED) is 0.836. The van der Waals surface area contributed by atoms with Gasteiger partial charge < -0.3 is 10.1 Å². The minimum absolute atomic E-state index is 0.0698. The fraction of sp³-hybridized carbons (Fsp3) is 0.391. The first kappa shape index (κ1) is 17.4. The van der Waals surface area contributed by atoms with Crippen molar-refractivity contribution in [1.29, 1.82) is 0 Å². The van der Waals surface area contributed by atoms with Crippen LogP contribution in [-0.2, 0) is 19.9 Å². The van der Waals surface area contributed by atoms with E-state index >= 15 is 0 Å². The van der Waals surface area contributed by atoms with Crippen molar-refractivity contribution in [2.24, 2.45) is 5.92 Å². The maximum absolute atomic E-state index is 13.5. The minimum Gasteiger partial charge on any atom is -0.466 e. The van der Waals surface area contributed by atoms with E-state index in [4.69, 9.17) is 4.74 Å². The summed E-state index contributed by atoms with van der Waals surface area (Å²) in [4.78, 5) is 29.2. The summed E-state index contributed by atoms with van der Waals surface area (Å²) in [7, 11) is 0. The Hall–Kier alpha value is -2.66. The number of esters is 1. The van der Waals surface area contributed by atoms with Gasteiger partial charge in [-0.25, -0.2) is 0 Å². The van der Waals surface area contributed by atoms with Crippen molar-refractivity contribution in [1.82, 2.24) is 4.90 Å². The summed E-state index contributed by atoms with van der Waals surface area (Å²) in [6.45, 7) is 2.94. The SMILES string of the molecule is CCOC(=O)C1C(c2ccccc2)C2CCCN2C12C(=O)Nc1ccccc12. The van der Waals surface area contributed by atoms with Gasteiger partial charge in [0.05, 0.1) is 12.5 Å². The van der Waals surface area contributed by atoms with Gasteiger partial charge in [0.25, 0.3) is 5.91 Å². The number of ether oxygens (including phenoxy) is 1. The number of amides is 1. The lowest BCUT2D eigenvalue weighted by Gasteiger charge is -2.36. The largest absolute Gasteiger partial charge is 0.466 e. The van der Waals surface area contributed by atoms with Gasteiger partial charge in [0.15, 0.2) is 0 Å². The van der Waals surface area contributed by atoms with Crippen LogP contribution in [0.1, 0.15) is 36.8 Å². The van der Waals surface area contributed by atoms with E-state index in [0.29, 0.717) is 6.61 Å². The highest BCUT2D eigenvalue weighted by molar-refractivity contribution is 6.09. The number of para-hydroxylation sites is 1. The summed E-state index contributed by atoms with van der Waals surface area (Å²) in [6.07, 6.45) is 2.01. The van der Waals surface area contributed by atoms with Gasteiger partial charge in [0, 0.05) is 23.2 Å². The summed E-state index contributed by atoms with van der Waals surface area (Å²) in [6, 6.07) is 18.1. The number of rotatable bonds is 3. The Morgan fingerprint density at radius 1 is 1.18 bits per heavy atom. The molecule has 0 saturated carbocycles. The van der Waals surface area contributed by atoms with Crippen molar-refractivity contribution < 1.29 is 14.3 Å². The molecule has 1 spiro atoms. The lowest BCUT2D eigenvalue weighted by atomic mass is 9.72. The first-order valence-corrected chi connectivity index (χ1v) is 10.1. The molecular weight excluding hydrogens is 352 g/mol. The van der Waals surface area contributed by atoms with Crippen LogP contribution in [0.5, 0.6) is 0 Å². The van der Waals surface area contributed by atoms with Crippen molar-refractivity contribution >= 4 is 17.6 Å². The number of hydrogen-bond acceptors (Lipinski definition) is 4. The van der Waals surface area contributed by atoms with Crippen molar-refractivity contribution in [3.8, 4) is 0 Å². The molecule has 3 heterocycles. The molecule has 1 amide bonds. The van der Waals surface area contributed by atoms with Crippen LogP contribution in [0.3, 0.4) is 0 Å². The molecule has 4 atom stereocenters. The van der Waals surface area contributed by atoms with Gasteiger partial charge in [0.2, 0.25) is 0 Å². The maximum atomic E-state index is 13.5. The molecule has 5 nitrogen and oxygen atoms in total. The zero-order valence-corrected chi connectivity index (χ0v) is 15.9. The highest BCUT2D eigenvalue weighted by Crippen LogP contribution is 2.60. The van der Waals surface area contributed by atoms with E-state index in [9.17, 15) is 9.59 Å². The molecule has 28 heavy (non-hydrogen) atoms. The summed E-state index contributed by atoms with van der Waals surface area (Å²) >= 11 is 0. The van der Waals surface area contributed by atoms with Gasteiger partial charge in [-0.1, -0.05) is 48.5 Å². The molecule has 0 aliphatic carbocycles. The smallest absolute Gasteiger partial charge is 0.312 e. The number of nitrogens with one attached hydrogen (secondary N) is 1. The van der Waals surface area contributed by atoms with Crippen molar-refractivity contribution in [3.63, 3.8) is 0 Å². The van der Waals surface area contributed by atoms with Gasteiger partial charge in [0.1, 0.15) is 5.54 Å². The number of carbonyl (C=O) groups is 2. The summed E-state index contributed by atoms with van der Waals surface area (Å²) in [5.41, 5.74) is 1.82. The minimum atomic E-state index is -0.996. The lowest BCUT2D eigenvalue weighted by molar-refractivity contribution is -0.155. The standard InChI is InChI=1S/C23H24N2O3/c1-2-28-21(26)20-19(15-9-4-3-5-10-15)18-13-8-14-25(18)23(20)16-11-6-7-12-17(16)24-22(23)27/h3-7,9-12,18-20H,2,8,13-14H2,1H3,(H,24,27). The first-order chi connectivity index (χ1) is 13.7. The zero-order chi connectivity index (χ0) is 19.3. The molecule has 144 valence electrons. The molecule has 4 unspecified atom stereocenters. The van der Waals surface area contributed by atoms with Gasteiger partial charge in [-0.2, -0.15) is 0 Å². The Bertz CT molecular complexity index is 928. The maximum Gasteiger partial charge on any atom is 0.312 e. The van der Waals surface area contributed by atoms with Crippen LogP contribution in [0.15, 0.2) is 54.6 Å². The van der Waals surface area contributed by atoms with Gasteiger partial charge in [-0.3, -0.25) is 14.5 Å². The Kier molecular flexibility index (Phi) is 4.02. The average Bonchev–Trinajstić information content (AvgIpc) is 3.36. The third-order valence-corrected chi connectivity index (χ3v) is 6.63. The van der Waals surface area contributed by atoms with E-state index < -0.39 is 11.5 Å². The molecule has 3 aliphatic heterocycles. The van der Waals surface area contributed by atoms with Gasteiger partial charge in [-0.05, 0) is 37.9 Å². The topological polar surface area (TPSA) is 58.6 Å². The first-order valence-electron chi connectivity index (χ1n) is 10.1. The molecule has 2 saturated heterocycles. The molecule has 2 aromatic carbocycles. The second kappa shape index (κ2) is 6.45. The lowest BCUT2D eigenvalue weighted by Crippen LogP contribution is -2.53. The van der Waals surface area contributed by atoms with Crippen LogP contribution in [0.4, 0.5) is 5.69 Å². The fourth-order valence-corrected chi connectivity index (χ4v) is 5.76. The van der Waals surface area contributed by atoms with Crippen molar-refractivity contribution in [3.05, 3.63) is 65.7 Å². The van der Waals surface area contributed by atoms with E-state index in [1.165, 1.54) is 0 Å². The second-order valence-corrected chi connectivity index (χ2v) is 7.84. The molecular formula is C23H24N2O3. The van der Waals surface area contributed by atoms with Crippen LogP contribution in [0, 0.1) is 5.92 Å². The molecule has 3 aliphatic rings. The van der Waals surface area contributed by atoms with Crippen LogP contribution in [-0.4, -0.2) is 36.0 Å². The number of anilines is 1. The van der Waals surface area contributed by atoms with E-state index in [-0.39, 0.29) is 23.8 Å². The Morgan fingerprint density at radius 2 is 1.93 bits per heavy atom. The second-order valence-electron chi connectivity index (χ2n) is 7.84. The highest BCUT2D eigenvalue weighted by atomic mass is 16.5. The van der Waals surface area contributed by atoms with Crippen molar-refractivity contribution in [2.75, 3.05) is 18.5 Å². The predicted octanol–water partition coefficient (Wildman–Crippen LogP) is 3.28. The number of nitrogens with zero attached hydrogens (tertiary/aromatic N) is 1. The van der Waals surface area contributed by atoms with Crippen LogP contribution >= 0.6 is 0 Å². The molecule has 1 N–H and O–H groups in total. The third kappa shape index (κ3) is 2.17. The van der Waals surface area contributed by atoms with Crippen LogP contribution in [0.2, 0.25) is 0 Å². The van der Waals surface area contributed by atoms with Crippen LogP contribution < -0.4 is 5.32 Å². The fourth-order valence-electron chi connectivity index (χ4n) is 5.76. The predicted molar refractivity (Wildman–Crippen MR) is 106 cm³/mol. The Morgan fingerprint density at radius 3 is 2.71 bits per heavy atom. The van der Waals surface area contributed by atoms with Gasteiger partial charge >= 0.3 is 5.97 Å². The molecule has 5 rings (SSSR count). The highest BCUT2D eigenvalue weighted by Gasteiger charge is 2.69. The van der Waals surface area contributed by atoms with E-state index in [1.54, 1.807) is 0 Å². The summed E-state index contributed by atoms with van der Waals surface area (Å²) in [5.74, 6) is -1.02. The number of benzene rings is 2. The van der Waals surface area contributed by atoms with E-state index in [1.807, 2.05) is 49.4 Å². The Labute approximate surface area is 164 Å². The monoisotopic (exact) mass is 376 g/mol. The van der Waals surface area contributed by atoms with Crippen LogP contribution in [0.25, 0.3) is 0 Å². The van der Waals surface area contributed by atoms with Crippen molar-refractivity contribution in [2.45, 2.75) is 37.3 Å². The summed E-state index contributed by atoms with van der Waals surface area (Å²) < 4.78 is 5.55. The third-order valence-electron chi connectivity index (χ3n) is 6.63. The number of hydrogen-bond donors (Lipinski definition) is 1. The summed E-state index contributed by atoms with van der Waals surface area (Å²) in [5, 5.41) is 3.05. The average molecular weight is 376 g/mol. The molecule has 2 fully saturated rings. The molecule has 2 aromatic rings. The number of carbonyl (C=O) groups excluding carboxylic acids is 2.